The van der Waals surface area contributed by atoms with E-state index in [4.69, 9.17) is 4.98 Å². The molecule has 0 aliphatic heterocycles. The number of amides is 1. The molecule has 27 heavy (non-hydrogen) atoms. The Kier molecular flexibility index (Phi) is 3.99. The lowest BCUT2D eigenvalue weighted by molar-refractivity contribution is -0.133. The molecule has 1 amide bonds. The average Bonchev–Trinajstić information content (AvgIpc) is 3.00. The lowest BCUT2D eigenvalue weighted by atomic mass is 9.79. The van der Waals surface area contributed by atoms with Gasteiger partial charge < -0.3 is 10.3 Å². The SMILES string of the molecule is O=C(CC1CC(F)(F)C1)NCc1ccc2nc(CC3CC4CC4C3)[nH]c2c1. The van der Waals surface area contributed by atoms with Crippen molar-refractivity contribution in [2.45, 2.75) is 57.4 Å². The Balaban J connectivity index is 1.15. The fourth-order valence-corrected chi connectivity index (χ4v) is 5.06. The zero-order chi connectivity index (χ0) is 18.6. The van der Waals surface area contributed by atoms with E-state index in [1.165, 1.54) is 19.3 Å². The van der Waals surface area contributed by atoms with Gasteiger partial charge in [-0.3, -0.25) is 4.79 Å². The normalized spacial score (nSPS) is 28.7. The largest absolute Gasteiger partial charge is 0.352 e. The van der Waals surface area contributed by atoms with Crippen molar-refractivity contribution >= 4 is 16.9 Å². The van der Waals surface area contributed by atoms with Crippen molar-refractivity contribution in [3.63, 3.8) is 0 Å². The Morgan fingerprint density at radius 1 is 1.19 bits per heavy atom. The highest BCUT2D eigenvalue weighted by atomic mass is 19.3. The summed E-state index contributed by atoms with van der Waals surface area (Å²) >= 11 is 0. The van der Waals surface area contributed by atoms with E-state index in [0.717, 1.165) is 46.6 Å². The van der Waals surface area contributed by atoms with Crippen LogP contribution in [0.4, 0.5) is 8.78 Å². The van der Waals surface area contributed by atoms with Crippen molar-refractivity contribution in [3.8, 4) is 0 Å². The van der Waals surface area contributed by atoms with E-state index in [-0.39, 0.29) is 31.1 Å². The number of aromatic amines is 1. The summed E-state index contributed by atoms with van der Waals surface area (Å²) in [7, 11) is 0. The number of hydrogen-bond donors (Lipinski definition) is 2. The van der Waals surface area contributed by atoms with Crippen LogP contribution in [0.25, 0.3) is 11.0 Å². The second kappa shape index (κ2) is 6.28. The van der Waals surface area contributed by atoms with E-state index in [9.17, 15) is 13.6 Å². The summed E-state index contributed by atoms with van der Waals surface area (Å²) in [5, 5.41) is 2.85. The van der Waals surface area contributed by atoms with Crippen molar-refractivity contribution in [2.75, 3.05) is 0 Å². The Bertz CT molecular complexity index is 859. The molecule has 2 N–H and O–H groups in total. The number of aromatic nitrogens is 2. The molecular formula is C21H25F2N3O. The minimum absolute atomic E-state index is 0.152. The lowest BCUT2D eigenvalue weighted by Gasteiger charge is -2.34. The second-order valence-electron chi connectivity index (χ2n) is 8.94. The van der Waals surface area contributed by atoms with Crippen molar-refractivity contribution in [1.82, 2.24) is 15.3 Å². The molecule has 1 aromatic carbocycles. The van der Waals surface area contributed by atoms with Gasteiger partial charge in [0.25, 0.3) is 0 Å². The van der Waals surface area contributed by atoms with Gasteiger partial charge in [0.15, 0.2) is 0 Å². The number of hydrogen-bond acceptors (Lipinski definition) is 2. The van der Waals surface area contributed by atoms with Crippen LogP contribution in [0.15, 0.2) is 18.2 Å². The molecule has 6 heteroatoms. The van der Waals surface area contributed by atoms with Crippen LogP contribution in [-0.4, -0.2) is 21.8 Å². The zero-order valence-electron chi connectivity index (χ0n) is 15.3. The first-order valence-corrected chi connectivity index (χ1v) is 10.1. The number of benzene rings is 1. The van der Waals surface area contributed by atoms with Crippen molar-refractivity contribution in [2.24, 2.45) is 23.7 Å². The molecule has 1 aromatic heterocycles. The zero-order valence-corrected chi connectivity index (χ0v) is 15.3. The highest BCUT2D eigenvalue weighted by molar-refractivity contribution is 5.78. The summed E-state index contributed by atoms with van der Waals surface area (Å²) in [6.45, 7) is 0.415. The Hall–Kier alpha value is -1.98. The van der Waals surface area contributed by atoms with Crippen LogP contribution >= 0.6 is 0 Å². The van der Waals surface area contributed by atoms with E-state index >= 15 is 0 Å². The van der Waals surface area contributed by atoms with Gasteiger partial charge in [-0.1, -0.05) is 6.07 Å². The van der Waals surface area contributed by atoms with Crippen LogP contribution in [0.5, 0.6) is 0 Å². The van der Waals surface area contributed by atoms with Gasteiger partial charge in [0.1, 0.15) is 5.82 Å². The molecule has 3 fully saturated rings. The van der Waals surface area contributed by atoms with Crippen LogP contribution in [0.2, 0.25) is 0 Å². The number of H-pyrrole nitrogens is 1. The minimum Gasteiger partial charge on any atom is -0.352 e. The summed E-state index contributed by atoms with van der Waals surface area (Å²) in [5.41, 5.74) is 2.95. The fourth-order valence-electron chi connectivity index (χ4n) is 5.06. The number of nitrogens with zero attached hydrogens (tertiary/aromatic N) is 1. The van der Waals surface area contributed by atoms with Gasteiger partial charge in [-0.25, -0.2) is 13.8 Å². The lowest BCUT2D eigenvalue weighted by Crippen LogP contribution is -2.38. The van der Waals surface area contributed by atoms with Crippen LogP contribution in [0.1, 0.15) is 49.9 Å². The third-order valence-corrected chi connectivity index (χ3v) is 6.56. The number of rotatable bonds is 6. The van der Waals surface area contributed by atoms with E-state index in [1.807, 2.05) is 18.2 Å². The number of carbonyl (C=O) groups is 1. The Labute approximate surface area is 157 Å². The number of halogens is 2. The van der Waals surface area contributed by atoms with Gasteiger partial charge in [0.2, 0.25) is 11.8 Å². The Morgan fingerprint density at radius 3 is 2.70 bits per heavy atom. The number of alkyl halides is 2. The molecule has 144 valence electrons. The molecule has 2 aromatic rings. The minimum atomic E-state index is -2.56. The van der Waals surface area contributed by atoms with Gasteiger partial charge in [-0.05, 0) is 60.6 Å². The molecule has 0 saturated heterocycles. The Morgan fingerprint density at radius 2 is 1.96 bits per heavy atom. The summed E-state index contributed by atoms with van der Waals surface area (Å²) in [6, 6.07) is 5.97. The summed E-state index contributed by atoms with van der Waals surface area (Å²) in [6.07, 6.45) is 5.04. The predicted molar refractivity (Wildman–Crippen MR) is 98.3 cm³/mol. The first kappa shape index (κ1) is 17.1. The second-order valence-corrected chi connectivity index (χ2v) is 8.94. The molecule has 0 radical (unpaired) electrons. The smallest absolute Gasteiger partial charge is 0.248 e. The van der Waals surface area contributed by atoms with Gasteiger partial charge in [-0.15, -0.1) is 0 Å². The van der Waals surface area contributed by atoms with Gasteiger partial charge >= 0.3 is 0 Å². The predicted octanol–water partition coefficient (Wildman–Crippen LogP) is 4.20. The third kappa shape index (κ3) is 3.71. The maximum atomic E-state index is 12.8. The third-order valence-electron chi connectivity index (χ3n) is 6.56. The van der Waals surface area contributed by atoms with Crippen LogP contribution in [0.3, 0.4) is 0 Å². The molecular weight excluding hydrogens is 348 g/mol. The molecule has 1 heterocycles. The molecule has 0 spiro atoms. The first-order chi connectivity index (χ1) is 12.9. The molecule has 3 aliphatic carbocycles. The van der Waals surface area contributed by atoms with E-state index in [1.54, 1.807) is 0 Å². The average molecular weight is 373 g/mol. The number of carbonyl (C=O) groups excluding carboxylic acids is 1. The highest BCUT2D eigenvalue weighted by Crippen LogP contribution is 2.54. The highest BCUT2D eigenvalue weighted by Gasteiger charge is 2.46. The standard InChI is InChI=1S/C21H25F2N3O/c22-21(23)9-14(10-21)7-20(27)24-11-12-1-2-17-18(5-12)26-19(25-17)6-13-3-15-8-16(15)4-13/h1-2,5,13-16H,3-4,6-11H2,(H,24,27)(H,25,26). The van der Waals surface area contributed by atoms with E-state index < -0.39 is 5.92 Å². The van der Waals surface area contributed by atoms with Crippen LogP contribution in [-0.2, 0) is 17.8 Å². The van der Waals surface area contributed by atoms with Gasteiger partial charge in [-0.2, -0.15) is 0 Å². The number of nitrogens with one attached hydrogen (secondary N) is 2. The summed E-state index contributed by atoms with van der Waals surface area (Å²) < 4.78 is 25.7. The molecule has 2 unspecified atom stereocenters. The maximum Gasteiger partial charge on any atom is 0.248 e. The maximum absolute atomic E-state index is 12.8. The molecule has 3 aliphatic rings. The van der Waals surface area contributed by atoms with Crippen LogP contribution in [0, 0.1) is 23.7 Å². The monoisotopic (exact) mass is 373 g/mol. The van der Waals surface area contributed by atoms with Crippen molar-refractivity contribution in [1.29, 1.82) is 0 Å². The summed E-state index contributed by atoms with van der Waals surface area (Å²) in [5.74, 6) is 0.907. The quantitative estimate of drug-likeness (QED) is 0.797. The van der Waals surface area contributed by atoms with Crippen LogP contribution < -0.4 is 5.32 Å². The van der Waals surface area contributed by atoms with E-state index in [0.29, 0.717) is 6.54 Å². The first-order valence-electron chi connectivity index (χ1n) is 10.1. The molecule has 4 nitrogen and oxygen atoms in total. The van der Waals surface area contributed by atoms with Gasteiger partial charge in [0, 0.05) is 32.2 Å². The topological polar surface area (TPSA) is 57.8 Å². The van der Waals surface area contributed by atoms with E-state index in [2.05, 4.69) is 10.3 Å². The van der Waals surface area contributed by atoms with Gasteiger partial charge in [0.05, 0.1) is 11.0 Å². The fraction of sp³-hybridized carbons (Fsp3) is 0.619. The molecule has 5 rings (SSSR count). The van der Waals surface area contributed by atoms with Crippen molar-refractivity contribution in [3.05, 3.63) is 29.6 Å². The molecule has 2 atom stereocenters. The van der Waals surface area contributed by atoms with Crippen molar-refractivity contribution < 1.29 is 13.6 Å². The number of fused-ring (bicyclic) bond motifs is 2. The molecule has 0 bridgehead atoms. The number of imidazole rings is 1. The summed E-state index contributed by atoms with van der Waals surface area (Å²) in [4.78, 5) is 20.1. The molecule has 3 saturated carbocycles.